The van der Waals surface area contributed by atoms with E-state index < -0.39 is 10.0 Å². The van der Waals surface area contributed by atoms with Crippen molar-refractivity contribution < 1.29 is 8.42 Å². The van der Waals surface area contributed by atoms with Gasteiger partial charge >= 0.3 is 0 Å². The number of benzene rings is 1. The average Bonchev–Trinajstić information content (AvgIpc) is 3.12. The third kappa shape index (κ3) is 2.91. The Balaban J connectivity index is 2.19. The highest BCUT2D eigenvalue weighted by Crippen LogP contribution is 2.39. The number of nitrogens with two attached hydrogens (primary N) is 1. The van der Waals surface area contributed by atoms with Crippen LogP contribution < -0.4 is 10.5 Å². The van der Waals surface area contributed by atoms with Gasteiger partial charge in [-0.15, -0.1) is 0 Å². The number of rotatable bonds is 5. The predicted octanol–water partition coefficient (Wildman–Crippen LogP) is 1.61. The molecule has 5 heteroatoms. The van der Waals surface area contributed by atoms with Crippen molar-refractivity contribution in [3.05, 3.63) is 29.8 Å². The van der Waals surface area contributed by atoms with Crippen LogP contribution in [0.15, 0.2) is 29.2 Å². The van der Waals surface area contributed by atoms with Gasteiger partial charge in [0.05, 0.1) is 4.90 Å². The standard InChI is InChI=1S/C13H20N2O2S/c1-13(2,11-5-6-11)15-18(16,17)12-7-3-10(9-14)4-8-12/h3-4,7-8,11,15H,5-6,9,14H2,1-2H3. The van der Waals surface area contributed by atoms with Gasteiger partial charge in [0, 0.05) is 12.1 Å². The van der Waals surface area contributed by atoms with Gasteiger partial charge in [0.2, 0.25) is 10.0 Å². The van der Waals surface area contributed by atoms with Gasteiger partial charge in [0.15, 0.2) is 0 Å². The molecule has 0 atom stereocenters. The lowest BCUT2D eigenvalue weighted by Gasteiger charge is -2.25. The van der Waals surface area contributed by atoms with Crippen molar-refractivity contribution in [3.8, 4) is 0 Å². The minimum absolute atomic E-state index is 0.299. The van der Waals surface area contributed by atoms with E-state index in [0.29, 0.717) is 17.4 Å². The number of nitrogens with one attached hydrogen (secondary N) is 1. The van der Waals surface area contributed by atoms with Gasteiger partial charge in [-0.2, -0.15) is 0 Å². The van der Waals surface area contributed by atoms with Gasteiger partial charge < -0.3 is 5.73 Å². The Bertz CT molecular complexity index is 516. The maximum atomic E-state index is 12.2. The van der Waals surface area contributed by atoms with Crippen LogP contribution in [0.5, 0.6) is 0 Å². The second kappa shape index (κ2) is 4.64. The zero-order valence-electron chi connectivity index (χ0n) is 10.8. The second-order valence-corrected chi connectivity index (χ2v) is 7.13. The van der Waals surface area contributed by atoms with Crippen LogP contribution in [0.25, 0.3) is 0 Å². The molecule has 1 aliphatic rings. The summed E-state index contributed by atoms with van der Waals surface area (Å²) >= 11 is 0. The van der Waals surface area contributed by atoms with Crippen molar-refractivity contribution in [1.82, 2.24) is 4.72 Å². The summed E-state index contributed by atoms with van der Waals surface area (Å²) in [6.07, 6.45) is 2.20. The smallest absolute Gasteiger partial charge is 0.241 e. The molecule has 0 radical (unpaired) electrons. The van der Waals surface area contributed by atoms with Crippen LogP contribution in [0.3, 0.4) is 0 Å². The minimum Gasteiger partial charge on any atom is -0.326 e. The molecule has 0 aromatic heterocycles. The zero-order valence-corrected chi connectivity index (χ0v) is 11.6. The molecule has 2 rings (SSSR count). The molecule has 1 aliphatic carbocycles. The first kappa shape index (κ1) is 13.5. The summed E-state index contributed by atoms with van der Waals surface area (Å²) in [5.74, 6) is 0.454. The highest BCUT2D eigenvalue weighted by molar-refractivity contribution is 7.89. The van der Waals surface area contributed by atoms with Crippen LogP contribution in [0.1, 0.15) is 32.3 Å². The molecule has 0 bridgehead atoms. The lowest BCUT2D eigenvalue weighted by atomic mass is 10.0. The topological polar surface area (TPSA) is 72.2 Å². The molecule has 0 spiro atoms. The average molecular weight is 268 g/mol. The van der Waals surface area contributed by atoms with Crippen molar-refractivity contribution in [2.45, 2.75) is 43.7 Å². The summed E-state index contributed by atoms with van der Waals surface area (Å²) in [7, 11) is -3.44. The van der Waals surface area contributed by atoms with E-state index in [4.69, 9.17) is 5.73 Å². The van der Waals surface area contributed by atoms with E-state index in [9.17, 15) is 8.42 Å². The molecular weight excluding hydrogens is 248 g/mol. The molecule has 0 aliphatic heterocycles. The van der Waals surface area contributed by atoms with Crippen LogP contribution in [-0.2, 0) is 16.6 Å². The van der Waals surface area contributed by atoms with Crippen LogP contribution in [0.4, 0.5) is 0 Å². The molecule has 4 nitrogen and oxygen atoms in total. The van der Waals surface area contributed by atoms with E-state index >= 15 is 0 Å². The highest BCUT2D eigenvalue weighted by atomic mass is 32.2. The van der Waals surface area contributed by atoms with E-state index in [2.05, 4.69) is 4.72 Å². The van der Waals surface area contributed by atoms with Gasteiger partial charge in [-0.05, 0) is 50.3 Å². The molecule has 1 saturated carbocycles. The summed E-state index contributed by atoms with van der Waals surface area (Å²) in [6.45, 7) is 4.30. The highest BCUT2D eigenvalue weighted by Gasteiger charge is 2.40. The molecule has 1 fully saturated rings. The monoisotopic (exact) mass is 268 g/mol. The number of hydrogen-bond donors (Lipinski definition) is 2. The first-order valence-electron chi connectivity index (χ1n) is 6.18. The Hall–Kier alpha value is -0.910. The molecule has 1 aromatic rings. The third-order valence-corrected chi connectivity index (χ3v) is 5.15. The second-order valence-electron chi connectivity index (χ2n) is 5.45. The Morgan fingerprint density at radius 3 is 2.28 bits per heavy atom. The first-order chi connectivity index (χ1) is 8.35. The maximum Gasteiger partial charge on any atom is 0.241 e. The molecule has 0 unspecified atom stereocenters. The summed E-state index contributed by atoms with van der Waals surface area (Å²) in [6, 6.07) is 6.71. The fourth-order valence-electron chi connectivity index (χ4n) is 2.10. The molecule has 0 heterocycles. The largest absolute Gasteiger partial charge is 0.326 e. The van der Waals surface area contributed by atoms with Crippen LogP contribution >= 0.6 is 0 Å². The van der Waals surface area contributed by atoms with Crippen molar-refractivity contribution in [1.29, 1.82) is 0 Å². The van der Waals surface area contributed by atoms with E-state index in [1.165, 1.54) is 0 Å². The van der Waals surface area contributed by atoms with Gasteiger partial charge in [0.25, 0.3) is 0 Å². The predicted molar refractivity (Wildman–Crippen MR) is 71.5 cm³/mol. The van der Waals surface area contributed by atoms with E-state index in [1.54, 1.807) is 24.3 Å². The summed E-state index contributed by atoms with van der Waals surface area (Å²) < 4.78 is 27.3. The zero-order chi connectivity index (χ0) is 13.4. The third-order valence-electron chi connectivity index (χ3n) is 3.46. The number of sulfonamides is 1. The van der Waals surface area contributed by atoms with Gasteiger partial charge in [-0.3, -0.25) is 0 Å². The van der Waals surface area contributed by atoms with Crippen molar-refractivity contribution >= 4 is 10.0 Å². The molecule has 18 heavy (non-hydrogen) atoms. The first-order valence-corrected chi connectivity index (χ1v) is 7.66. The van der Waals surface area contributed by atoms with Crippen molar-refractivity contribution in [2.75, 3.05) is 0 Å². The van der Waals surface area contributed by atoms with Crippen LogP contribution in [-0.4, -0.2) is 14.0 Å². The molecule has 100 valence electrons. The van der Waals surface area contributed by atoms with Crippen LogP contribution in [0, 0.1) is 5.92 Å². The molecule has 0 saturated heterocycles. The van der Waals surface area contributed by atoms with Crippen LogP contribution in [0.2, 0.25) is 0 Å². The lowest BCUT2D eigenvalue weighted by Crippen LogP contribution is -2.45. The Morgan fingerprint density at radius 1 is 1.28 bits per heavy atom. The Morgan fingerprint density at radius 2 is 1.83 bits per heavy atom. The van der Waals surface area contributed by atoms with Gasteiger partial charge in [-0.25, -0.2) is 13.1 Å². The summed E-state index contributed by atoms with van der Waals surface area (Å²) in [4.78, 5) is 0.299. The van der Waals surface area contributed by atoms with Crippen molar-refractivity contribution in [2.24, 2.45) is 11.7 Å². The molecular formula is C13H20N2O2S. The SMILES string of the molecule is CC(C)(NS(=O)(=O)c1ccc(CN)cc1)C1CC1. The number of hydrogen-bond acceptors (Lipinski definition) is 3. The molecule has 1 aromatic carbocycles. The maximum absolute atomic E-state index is 12.2. The quantitative estimate of drug-likeness (QED) is 0.852. The summed E-state index contributed by atoms with van der Waals surface area (Å²) in [5.41, 5.74) is 6.05. The summed E-state index contributed by atoms with van der Waals surface area (Å²) in [5, 5.41) is 0. The molecule has 3 N–H and O–H groups in total. The molecule has 0 amide bonds. The van der Waals surface area contributed by atoms with E-state index in [0.717, 1.165) is 18.4 Å². The lowest BCUT2D eigenvalue weighted by molar-refractivity contribution is 0.400. The van der Waals surface area contributed by atoms with E-state index in [1.807, 2.05) is 13.8 Å². The Kier molecular flexibility index (Phi) is 3.49. The van der Waals surface area contributed by atoms with Gasteiger partial charge in [0.1, 0.15) is 0 Å². The fraction of sp³-hybridized carbons (Fsp3) is 0.538. The normalized spacial score (nSPS) is 16.8. The van der Waals surface area contributed by atoms with Gasteiger partial charge in [-0.1, -0.05) is 12.1 Å². The fourth-order valence-corrected chi connectivity index (χ4v) is 3.57. The Labute approximate surface area is 109 Å². The minimum atomic E-state index is -3.44. The van der Waals surface area contributed by atoms with Crippen molar-refractivity contribution in [3.63, 3.8) is 0 Å². The van der Waals surface area contributed by atoms with E-state index in [-0.39, 0.29) is 5.54 Å².